The number of thiophene rings is 2. The Bertz CT molecular complexity index is 700. The van der Waals surface area contributed by atoms with Crippen LogP contribution in [0.15, 0.2) is 17.0 Å². The molecule has 0 unspecified atom stereocenters. The Morgan fingerprint density at radius 2 is 2.32 bits per heavy atom. The standard InChI is InChI=1S/C12H10N2O2S3/c1-7-2-9-12(19-7)8(5-17-9)3-11(15)16-4-10-14-13-6-18-10/h2,5-6H,3-4H2,1H3. The highest BCUT2D eigenvalue weighted by molar-refractivity contribution is 7.27. The van der Waals surface area contributed by atoms with E-state index >= 15 is 0 Å². The highest BCUT2D eigenvalue weighted by Crippen LogP contribution is 2.33. The second kappa shape index (κ2) is 5.36. The summed E-state index contributed by atoms with van der Waals surface area (Å²) in [6.45, 7) is 2.29. The lowest BCUT2D eigenvalue weighted by Crippen LogP contribution is -2.07. The molecule has 0 saturated heterocycles. The van der Waals surface area contributed by atoms with Crippen LogP contribution in [0.4, 0.5) is 0 Å². The molecule has 3 aromatic heterocycles. The minimum absolute atomic E-state index is 0.209. The van der Waals surface area contributed by atoms with Crippen molar-refractivity contribution in [2.24, 2.45) is 0 Å². The first-order valence-corrected chi connectivity index (χ1v) is 8.17. The average Bonchev–Trinajstić information content (AvgIpc) is 3.06. The van der Waals surface area contributed by atoms with Crippen LogP contribution in [0.5, 0.6) is 0 Å². The molecule has 0 amide bonds. The summed E-state index contributed by atoms with van der Waals surface area (Å²) in [5, 5.41) is 10.3. The summed E-state index contributed by atoms with van der Waals surface area (Å²) in [6, 6.07) is 2.15. The van der Waals surface area contributed by atoms with Crippen molar-refractivity contribution >= 4 is 49.4 Å². The van der Waals surface area contributed by atoms with Crippen molar-refractivity contribution in [3.05, 3.63) is 32.4 Å². The van der Waals surface area contributed by atoms with Gasteiger partial charge in [-0.15, -0.1) is 44.2 Å². The number of nitrogens with zero attached hydrogens (tertiary/aromatic N) is 2. The minimum atomic E-state index is -0.221. The normalized spacial score (nSPS) is 11.0. The number of carbonyl (C=O) groups is 1. The van der Waals surface area contributed by atoms with Crippen LogP contribution in [0.1, 0.15) is 15.4 Å². The SMILES string of the molecule is Cc1cc2scc(CC(=O)OCc3nncs3)c2s1. The molecule has 3 heterocycles. The molecule has 0 aliphatic rings. The lowest BCUT2D eigenvalue weighted by Gasteiger charge is -2.01. The third-order valence-electron chi connectivity index (χ3n) is 2.54. The predicted molar refractivity (Wildman–Crippen MR) is 77.8 cm³/mol. The molecule has 7 heteroatoms. The molecule has 0 aliphatic carbocycles. The zero-order valence-corrected chi connectivity index (χ0v) is 12.5. The maximum absolute atomic E-state index is 11.8. The van der Waals surface area contributed by atoms with E-state index in [-0.39, 0.29) is 12.6 Å². The molecule has 0 bridgehead atoms. The predicted octanol–water partition coefficient (Wildman–Crippen LogP) is 3.41. The van der Waals surface area contributed by atoms with Gasteiger partial charge in [-0.1, -0.05) is 0 Å². The van der Waals surface area contributed by atoms with Crippen LogP contribution in [-0.4, -0.2) is 16.2 Å². The lowest BCUT2D eigenvalue weighted by atomic mass is 10.2. The molecule has 0 saturated carbocycles. The highest BCUT2D eigenvalue weighted by Gasteiger charge is 2.12. The molecule has 3 aromatic rings. The number of hydrogen-bond acceptors (Lipinski definition) is 7. The van der Waals surface area contributed by atoms with E-state index < -0.39 is 0 Å². The summed E-state index contributed by atoms with van der Waals surface area (Å²) in [7, 11) is 0. The van der Waals surface area contributed by atoms with Crippen molar-refractivity contribution in [3.8, 4) is 0 Å². The van der Waals surface area contributed by atoms with Gasteiger partial charge >= 0.3 is 5.97 Å². The van der Waals surface area contributed by atoms with Crippen molar-refractivity contribution in [2.75, 3.05) is 0 Å². The number of aromatic nitrogens is 2. The Balaban J connectivity index is 1.65. The zero-order valence-electron chi connectivity index (χ0n) is 10.1. The number of hydrogen-bond donors (Lipinski definition) is 0. The summed E-state index contributed by atoms with van der Waals surface area (Å²) in [5.74, 6) is -0.221. The van der Waals surface area contributed by atoms with Crippen LogP contribution in [0.25, 0.3) is 9.40 Å². The van der Waals surface area contributed by atoms with Gasteiger partial charge in [0, 0.05) is 14.3 Å². The second-order valence-electron chi connectivity index (χ2n) is 3.98. The molecule has 4 nitrogen and oxygen atoms in total. The molecule has 0 N–H and O–H groups in total. The zero-order chi connectivity index (χ0) is 13.2. The molecule has 0 fully saturated rings. The van der Waals surface area contributed by atoms with E-state index in [0.29, 0.717) is 6.42 Å². The molecular formula is C12H10N2O2S3. The van der Waals surface area contributed by atoms with Gasteiger partial charge in [-0.3, -0.25) is 4.79 Å². The average molecular weight is 310 g/mol. The van der Waals surface area contributed by atoms with E-state index in [1.807, 2.05) is 5.38 Å². The summed E-state index contributed by atoms with van der Waals surface area (Å²) >= 11 is 4.78. The summed E-state index contributed by atoms with van der Waals surface area (Å²) in [6.07, 6.45) is 0.318. The number of rotatable bonds is 4. The van der Waals surface area contributed by atoms with Gasteiger partial charge in [0.2, 0.25) is 0 Å². The summed E-state index contributed by atoms with van der Waals surface area (Å²) < 4.78 is 7.64. The first-order chi connectivity index (χ1) is 9.22. The largest absolute Gasteiger partial charge is 0.458 e. The van der Waals surface area contributed by atoms with Gasteiger partial charge in [0.1, 0.15) is 12.1 Å². The van der Waals surface area contributed by atoms with Crippen molar-refractivity contribution in [1.82, 2.24) is 10.2 Å². The Kier molecular flexibility index (Phi) is 3.58. The molecule has 0 spiro atoms. The number of esters is 1. The first-order valence-electron chi connectivity index (χ1n) is 5.59. The topological polar surface area (TPSA) is 52.1 Å². The Labute approximate surface area is 121 Å². The third-order valence-corrected chi connectivity index (χ3v) is 5.44. The van der Waals surface area contributed by atoms with Crippen LogP contribution in [0.2, 0.25) is 0 Å². The number of carbonyl (C=O) groups excluding carboxylic acids is 1. The Morgan fingerprint density at radius 1 is 1.42 bits per heavy atom. The number of ether oxygens (including phenoxy) is 1. The van der Waals surface area contributed by atoms with Crippen LogP contribution >= 0.6 is 34.0 Å². The summed E-state index contributed by atoms with van der Waals surface area (Å²) in [4.78, 5) is 13.1. The van der Waals surface area contributed by atoms with Crippen molar-refractivity contribution in [3.63, 3.8) is 0 Å². The van der Waals surface area contributed by atoms with Gasteiger partial charge in [-0.25, -0.2) is 0 Å². The van der Waals surface area contributed by atoms with Crippen LogP contribution in [0, 0.1) is 6.92 Å². The van der Waals surface area contributed by atoms with Gasteiger partial charge in [0.15, 0.2) is 5.01 Å². The summed E-state index contributed by atoms with van der Waals surface area (Å²) in [5.41, 5.74) is 2.68. The van der Waals surface area contributed by atoms with Crippen molar-refractivity contribution in [1.29, 1.82) is 0 Å². The molecule has 3 rings (SSSR count). The maximum Gasteiger partial charge on any atom is 0.310 e. The smallest absolute Gasteiger partial charge is 0.310 e. The number of fused-ring (bicyclic) bond motifs is 1. The molecule has 0 atom stereocenters. The second-order valence-corrected chi connectivity index (χ2v) is 7.07. The maximum atomic E-state index is 11.8. The quantitative estimate of drug-likeness (QED) is 0.693. The number of aryl methyl sites for hydroxylation is 1. The molecule has 19 heavy (non-hydrogen) atoms. The molecule has 0 aliphatic heterocycles. The van der Waals surface area contributed by atoms with Gasteiger partial charge in [0.05, 0.1) is 6.42 Å². The highest BCUT2D eigenvalue weighted by atomic mass is 32.1. The first kappa shape index (κ1) is 12.7. The van der Waals surface area contributed by atoms with Gasteiger partial charge in [-0.05, 0) is 23.9 Å². The minimum Gasteiger partial charge on any atom is -0.458 e. The van der Waals surface area contributed by atoms with E-state index in [1.165, 1.54) is 25.6 Å². The fourth-order valence-electron chi connectivity index (χ4n) is 1.72. The lowest BCUT2D eigenvalue weighted by molar-refractivity contribution is -0.144. The third kappa shape index (κ3) is 2.83. The molecule has 0 aromatic carbocycles. The van der Waals surface area contributed by atoms with Crippen LogP contribution < -0.4 is 0 Å². The molecule has 98 valence electrons. The Hall–Kier alpha value is -1.31. The van der Waals surface area contributed by atoms with E-state index in [4.69, 9.17) is 4.74 Å². The fraction of sp³-hybridized carbons (Fsp3) is 0.250. The monoisotopic (exact) mass is 310 g/mol. The van der Waals surface area contributed by atoms with E-state index in [2.05, 4.69) is 23.2 Å². The van der Waals surface area contributed by atoms with E-state index in [0.717, 1.165) is 10.6 Å². The fourth-order valence-corrected chi connectivity index (χ4v) is 4.45. The van der Waals surface area contributed by atoms with E-state index in [1.54, 1.807) is 28.2 Å². The van der Waals surface area contributed by atoms with Gasteiger partial charge in [0.25, 0.3) is 0 Å². The Morgan fingerprint density at radius 3 is 3.11 bits per heavy atom. The molecule has 0 radical (unpaired) electrons. The molecular weight excluding hydrogens is 300 g/mol. The van der Waals surface area contributed by atoms with Crippen LogP contribution in [-0.2, 0) is 22.6 Å². The van der Waals surface area contributed by atoms with Crippen LogP contribution in [0.3, 0.4) is 0 Å². The van der Waals surface area contributed by atoms with Gasteiger partial charge < -0.3 is 4.74 Å². The van der Waals surface area contributed by atoms with Gasteiger partial charge in [-0.2, -0.15) is 0 Å². The van der Waals surface area contributed by atoms with E-state index in [9.17, 15) is 4.79 Å². The van der Waals surface area contributed by atoms with Crippen molar-refractivity contribution < 1.29 is 9.53 Å². The van der Waals surface area contributed by atoms with Crippen molar-refractivity contribution in [2.45, 2.75) is 20.0 Å².